The van der Waals surface area contributed by atoms with Crippen molar-refractivity contribution in [3.63, 3.8) is 0 Å². The summed E-state index contributed by atoms with van der Waals surface area (Å²) in [5.41, 5.74) is 23.2. The molecule has 0 bridgehead atoms. The number of aromatic amines is 1. The second-order valence-electron chi connectivity index (χ2n) is 9.71. The molecule has 6 amide bonds. The van der Waals surface area contributed by atoms with Crippen molar-refractivity contribution in [2.75, 3.05) is 0 Å². The van der Waals surface area contributed by atoms with Gasteiger partial charge in [-0.15, -0.1) is 0 Å². The molecule has 228 valence electrons. The molecule has 0 radical (unpaired) electrons. The van der Waals surface area contributed by atoms with E-state index in [2.05, 4.69) is 20.9 Å². The van der Waals surface area contributed by atoms with Crippen LogP contribution in [-0.2, 0) is 40.0 Å². The molecule has 0 aliphatic rings. The maximum atomic E-state index is 13.2. The average molecular weight is 589 g/mol. The van der Waals surface area contributed by atoms with E-state index in [1.807, 2.05) is 24.3 Å². The van der Waals surface area contributed by atoms with Crippen LogP contribution in [-0.4, -0.2) is 75.7 Å². The molecule has 0 saturated heterocycles. The van der Waals surface area contributed by atoms with Crippen molar-refractivity contribution < 1.29 is 38.7 Å². The molecule has 13 N–H and O–H groups in total. The molecule has 1 aromatic heterocycles. The second kappa shape index (κ2) is 15.7. The van der Waals surface area contributed by atoms with Crippen LogP contribution in [0.25, 0.3) is 10.9 Å². The fourth-order valence-electron chi connectivity index (χ4n) is 4.11. The van der Waals surface area contributed by atoms with Crippen LogP contribution < -0.4 is 38.9 Å². The van der Waals surface area contributed by atoms with E-state index in [0.29, 0.717) is 0 Å². The fourth-order valence-corrected chi connectivity index (χ4v) is 4.11. The van der Waals surface area contributed by atoms with E-state index in [4.69, 9.17) is 22.9 Å². The van der Waals surface area contributed by atoms with Gasteiger partial charge in [0, 0.05) is 36.4 Å². The molecular weight excluding hydrogens is 552 g/mol. The van der Waals surface area contributed by atoms with Gasteiger partial charge in [-0.05, 0) is 37.3 Å². The Balaban J connectivity index is 2.17. The van der Waals surface area contributed by atoms with Crippen LogP contribution >= 0.6 is 0 Å². The maximum Gasteiger partial charge on any atom is 0.326 e. The third-order valence-corrected chi connectivity index (χ3v) is 6.37. The molecule has 2 aromatic rings. The van der Waals surface area contributed by atoms with Gasteiger partial charge in [0.15, 0.2) is 0 Å². The number of aromatic nitrogens is 1. The molecule has 16 nitrogen and oxygen atoms in total. The van der Waals surface area contributed by atoms with Crippen LogP contribution in [0.4, 0.5) is 0 Å². The predicted molar refractivity (Wildman–Crippen MR) is 149 cm³/mol. The van der Waals surface area contributed by atoms with Gasteiger partial charge in [-0.3, -0.25) is 28.8 Å². The number of H-pyrrole nitrogens is 1. The number of carboxylic acid groups (broad SMARTS) is 1. The predicted octanol–water partition coefficient (Wildman–Crippen LogP) is -2.63. The Morgan fingerprint density at radius 3 is 1.67 bits per heavy atom. The number of primary amides is 3. The van der Waals surface area contributed by atoms with Crippen molar-refractivity contribution in [3.8, 4) is 0 Å². The Bertz CT molecular complexity index is 1330. The van der Waals surface area contributed by atoms with E-state index in [-0.39, 0.29) is 44.9 Å². The number of carbonyl (C=O) groups is 7. The lowest BCUT2D eigenvalue weighted by molar-refractivity contribution is -0.142. The number of fused-ring (bicyclic) bond motifs is 1. The van der Waals surface area contributed by atoms with Gasteiger partial charge < -0.3 is 49.0 Å². The van der Waals surface area contributed by atoms with E-state index < -0.39 is 65.6 Å². The zero-order valence-corrected chi connectivity index (χ0v) is 22.8. The highest BCUT2D eigenvalue weighted by Gasteiger charge is 2.31. The van der Waals surface area contributed by atoms with Crippen molar-refractivity contribution in [1.82, 2.24) is 20.9 Å². The molecule has 16 heteroatoms. The molecule has 0 fully saturated rings. The quantitative estimate of drug-likeness (QED) is 0.0878. The number of carboxylic acids is 1. The summed E-state index contributed by atoms with van der Waals surface area (Å²) in [4.78, 5) is 87.6. The van der Waals surface area contributed by atoms with Crippen molar-refractivity contribution in [2.24, 2.45) is 22.9 Å². The summed E-state index contributed by atoms with van der Waals surface area (Å²) in [5.74, 6) is -6.43. The van der Waals surface area contributed by atoms with E-state index in [9.17, 15) is 38.7 Å². The lowest BCUT2D eigenvalue weighted by Crippen LogP contribution is -2.57. The summed E-state index contributed by atoms with van der Waals surface area (Å²) >= 11 is 0. The molecule has 1 heterocycles. The maximum absolute atomic E-state index is 13.2. The number of rotatable bonds is 18. The van der Waals surface area contributed by atoms with Crippen LogP contribution in [0.5, 0.6) is 0 Å². The fraction of sp³-hybridized carbons (Fsp3) is 0.423. The van der Waals surface area contributed by atoms with E-state index >= 15 is 0 Å². The number of hydrogen-bond acceptors (Lipinski definition) is 8. The third kappa shape index (κ3) is 10.5. The summed E-state index contributed by atoms with van der Waals surface area (Å²) in [7, 11) is 0. The van der Waals surface area contributed by atoms with E-state index in [0.717, 1.165) is 16.5 Å². The number of aliphatic carboxylic acids is 1. The minimum absolute atomic E-state index is 0.117. The summed E-state index contributed by atoms with van der Waals surface area (Å²) in [6, 6.07) is 1.94. The number of nitrogens with one attached hydrogen (secondary N) is 4. The molecule has 0 aliphatic heterocycles. The van der Waals surface area contributed by atoms with Gasteiger partial charge in [-0.25, -0.2) is 4.79 Å². The van der Waals surface area contributed by atoms with Crippen molar-refractivity contribution in [3.05, 3.63) is 36.0 Å². The number of amides is 6. The molecule has 0 spiro atoms. The molecule has 0 aliphatic carbocycles. The number of hydrogen-bond donors (Lipinski definition) is 9. The zero-order valence-electron chi connectivity index (χ0n) is 22.8. The first kappa shape index (κ1) is 33.2. The summed E-state index contributed by atoms with van der Waals surface area (Å²) in [5, 5.41) is 17.3. The zero-order chi connectivity index (χ0) is 31.4. The SMILES string of the molecule is NC(=O)CCC(NC(=O)C(CCC(N)=O)NC(=O)C(CCC(N)=O)NC(=O)C(N)Cc1c[nH]c2ccccc12)C(=O)O. The lowest BCUT2D eigenvalue weighted by Gasteiger charge is -2.25. The number of para-hydroxylation sites is 1. The van der Waals surface area contributed by atoms with E-state index in [1.54, 1.807) is 6.20 Å². The summed E-state index contributed by atoms with van der Waals surface area (Å²) in [6.45, 7) is 0. The van der Waals surface area contributed by atoms with Crippen LogP contribution in [0.1, 0.15) is 44.1 Å². The van der Waals surface area contributed by atoms with Crippen molar-refractivity contribution in [1.29, 1.82) is 0 Å². The molecular formula is C26H36N8O8. The molecule has 0 saturated carbocycles. The first-order chi connectivity index (χ1) is 19.8. The van der Waals surface area contributed by atoms with Gasteiger partial charge in [-0.2, -0.15) is 0 Å². The monoisotopic (exact) mass is 588 g/mol. The van der Waals surface area contributed by atoms with Crippen LogP contribution in [0.15, 0.2) is 30.5 Å². The first-order valence-corrected chi connectivity index (χ1v) is 13.1. The summed E-state index contributed by atoms with van der Waals surface area (Å²) in [6.07, 6.45) is -0.0447. The molecule has 4 atom stereocenters. The Kier molecular flexibility index (Phi) is 12.4. The number of carbonyl (C=O) groups excluding carboxylic acids is 6. The standard InChI is InChI=1S/C26H36N8O8/c27-15(11-13-12-31-16-4-2-1-3-14(13)16)23(38)32-17(5-8-20(28)35)24(39)33-18(6-9-21(29)36)25(40)34-19(26(41)42)7-10-22(30)37/h1-4,12,15,17-19,31H,5-11,27H2,(H2,28,35)(H2,29,36)(H2,30,37)(H,32,38)(H,33,39)(H,34,40)(H,41,42). The van der Waals surface area contributed by atoms with Gasteiger partial charge in [-0.1, -0.05) is 18.2 Å². The van der Waals surface area contributed by atoms with Gasteiger partial charge in [0.2, 0.25) is 35.4 Å². The van der Waals surface area contributed by atoms with Crippen molar-refractivity contribution in [2.45, 2.75) is 69.1 Å². The van der Waals surface area contributed by atoms with Gasteiger partial charge in [0.1, 0.15) is 18.1 Å². The molecule has 2 rings (SSSR count). The Hall–Kier alpha value is -4.99. The van der Waals surface area contributed by atoms with Gasteiger partial charge in [0.25, 0.3) is 0 Å². The normalized spacial score (nSPS) is 13.7. The van der Waals surface area contributed by atoms with Crippen LogP contribution in [0, 0.1) is 0 Å². The van der Waals surface area contributed by atoms with Crippen LogP contribution in [0.3, 0.4) is 0 Å². The minimum Gasteiger partial charge on any atom is -0.480 e. The third-order valence-electron chi connectivity index (χ3n) is 6.37. The topological polar surface area (TPSA) is 296 Å². The Labute approximate surface area is 240 Å². The van der Waals surface area contributed by atoms with Gasteiger partial charge >= 0.3 is 5.97 Å². The molecule has 42 heavy (non-hydrogen) atoms. The minimum atomic E-state index is -1.52. The highest BCUT2D eigenvalue weighted by molar-refractivity contribution is 5.95. The van der Waals surface area contributed by atoms with Crippen LogP contribution in [0.2, 0.25) is 0 Å². The molecule has 1 aromatic carbocycles. The first-order valence-electron chi connectivity index (χ1n) is 13.1. The highest BCUT2D eigenvalue weighted by Crippen LogP contribution is 2.19. The molecule has 4 unspecified atom stereocenters. The lowest BCUT2D eigenvalue weighted by atomic mass is 10.0. The van der Waals surface area contributed by atoms with E-state index in [1.165, 1.54) is 0 Å². The largest absolute Gasteiger partial charge is 0.480 e. The highest BCUT2D eigenvalue weighted by atomic mass is 16.4. The number of benzene rings is 1. The van der Waals surface area contributed by atoms with Gasteiger partial charge in [0.05, 0.1) is 6.04 Å². The Morgan fingerprint density at radius 2 is 1.17 bits per heavy atom. The second-order valence-corrected chi connectivity index (χ2v) is 9.71. The summed E-state index contributed by atoms with van der Waals surface area (Å²) < 4.78 is 0. The van der Waals surface area contributed by atoms with Crippen molar-refractivity contribution >= 4 is 52.3 Å². The number of nitrogens with two attached hydrogens (primary N) is 4. The Morgan fingerprint density at radius 1 is 0.714 bits per heavy atom. The average Bonchev–Trinajstić information content (AvgIpc) is 3.32. The smallest absolute Gasteiger partial charge is 0.326 e.